The maximum atomic E-state index is 12.6. The van der Waals surface area contributed by atoms with Gasteiger partial charge in [0.05, 0.1) is 25.0 Å². The van der Waals surface area contributed by atoms with Crippen molar-refractivity contribution >= 4 is 32.8 Å². The topological polar surface area (TPSA) is 94.3 Å². The lowest BCUT2D eigenvalue weighted by atomic mass is 10.1. The minimum absolute atomic E-state index is 0.0648. The smallest absolute Gasteiger partial charge is 0.349 e. The zero-order valence-electron chi connectivity index (χ0n) is 15.9. The van der Waals surface area contributed by atoms with Crippen LogP contribution in [-0.4, -0.2) is 23.0 Å². The third-order valence-electron chi connectivity index (χ3n) is 4.48. The predicted molar refractivity (Wildman–Crippen MR) is 115 cm³/mol. The number of halogens is 1. The van der Waals surface area contributed by atoms with E-state index in [0.29, 0.717) is 22.4 Å². The molecule has 30 heavy (non-hydrogen) atoms. The summed E-state index contributed by atoms with van der Waals surface area (Å²) in [5, 5.41) is 3.36. The molecule has 1 N–H and O–H groups in total. The first-order valence-corrected chi connectivity index (χ1v) is 9.80. The minimum atomic E-state index is -0.691. The van der Waals surface area contributed by atoms with E-state index < -0.39 is 11.5 Å². The highest BCUT2D eigenvalue weighted by Gasteiger charge is 2.14. The minimum Gasteiger partial charge on any atom is -0.497 e. The zero-order valence-corrected chi connectivity index (χ0v) is 17.5. The van der Waals surface area contributed by atoms with Crippen molar-refractivity contribution in [2.75, 3.05) is 7.11 Å². The van der Waals surface area contributed by atoms with E-state index in [2.05, 4.69) is 31.2 Å². The van der Waals surface area contributed by atoms with Crippen LogP contribution in [-0.2, 0) is 6.54 Å². The first kappa shape index (κ1) is 19.8. The quantitative estimate of drug-likeness (QED) is 0.448. The van der Waals surface area contributed by atoms with Crippen molar-refractivity contribution in [3.63, 3.8) is 0 Å². The molecule has 0 aliphatic heterocycles. The molecule has 0 atom stereocenters. The molecule has 0 unspecified atom stereocenters. The number of aromatic nitrogens is 2. The lowest BCUT2D eigenvalue weighted by Gasteiger charge is -2.07. The second-order valence-corrected chi connectivity index (χ2v) is 7.35. The number of hydrogen-bond donors (Lipinski definition) is 1. The van der Waals surface area contributed by atoms with E-state index in [-0.39, 0.29) is 12.1 Å². The van der Waals surface area contributed by atoms with E-state index in [4.69, 9.17) is 9.15 Å². The number of hydrogen-bond acceptors (Lipinski definition) is 6. The van der Waals surface area contributed by atoms with Gasteiger partial charge in [0.1, 0.15) is 23.2 Å². The van der Waals surface area contributed by atoms with Gasteiger partial charge in [-0.05, 0) is 54.6 Å². The molecule has 0 fully saturated rings. The summed E-state index contributed by atoms with van der Waals surface area (Å²) in [7, 11) is 1.61. The first-order valence-electron chi connectivity index (χ1n) is 9.00. The lowest BCUT2D eigenvalue weighted by molar-refractivity contribution is 0.0947. The number of nitrogens with one attached hydrogen (secondary N) is 1. The molecule has 7 nitrogen and oxygen atoms in total. The Morgan fingerprint density at radius 1 is 1.10 bits per heavy atom. The van der Waals surface area contributed by atoms with Gasteiger partial charge in [-0.1, -0.05) is 15.9 Å². The van der Waals surface area contributed by atoms with Crippen molar-refractivity contribution in [3.05, 3.63) is 87.1 Å². The molecular weight excluding hydrogens is 450 g/mol. The second kappa shape index (κ2) is 8.46. The maximum Gasteiger partial charge on any atom is 0.349 e. The molecule has 4 rings (SSSR count). The SMILES string of the molecule is COc1ccc(-c2cc(CNC(=O)c3cc4cc(Br)ccc4oc3=O)ncn2)cc1. The Hall–Kier alpha value is -3.52. The molecule has 0 radical (unpaired) electrons. The predicted octanol–water partition coefficient (Wildman–Crippen LogP) is 3.95. The second-order valence-electron chi connectivity index (χ2n) is 6.44. The number of amides is 1. The summed E-state index contributed by atoms with van der Waals surface area (Å²) in [4.78, 5) is 33.2. The average molecular weight is 466 g/mol. The summed E-state index contributed by atoms with van der Waals surface area (Å²) in [6.07, 6.45) is 1.43. The molecule has 0 bridgehead atoms. The largest absolute Gasteiger partial charge is 0.497 e. The fourth-order valence-corrected chi connectivity index (χ4v) is 3.31. The summed E-state index contributed by atoms with van der Waals surface area (Å²) in [5.74, 6) is 0.219. The summed E-state index contributed by atoms with van der Waals surface area (Å²) < 4.78 is 11.2. The summed E-state index contributed by atoms with van der Waals surface area (Å²) in [6.45, 7) is 0.139. The van der Waals surface area contributed by atoms with Crippen LogP contribution in [0.3, 0.4) is 0 Å². The molecular formula is C22H16BrN3O4. The molecule has 0 saturated carbocycles. The van der Waals surface area contributed by atoms with Crippen molar-refractivity contribution < 1.29 is 13.9 Å². The van der Waals surface area contributed by atoms with E-state index in [1.165, 1.54) is 12.4 Å². The molecule has 2 aromatic carbocycles. The highest BCUT2D eigenvalue weighted by Crippen LogP contribution is 2.21. The summed E-state index contributed by atoms with van der Waals surface area (Å²) in [5.41, 5.74) is 1.88. The third-order valence-corrected chi connectivity index (χ3v) is 4.97. The Bertz CT molecular complexity index is 1290. The van der Waals surface area contributed by atoms with Gasteiger partial charge in [0.2, 0.25) is 0 Å². The van der Waals surface area contributed by atoms with Crippen LogP contribution in [0.2, 0.25) is 0 Å². The normalized spacial score (nSPS) is 10.7. The van der Waals surface area contributed by atoms with Gasteiger partial charge in [0, 0.05) is 15.4 Å². The Labute approximate surface area is 179 Å². The van der Waals surface area contributed by atoms with Crippen LogP contribution in [0.4, 0.5) is 0 Å². The van der Waals surface area contributed by atoms with E-state index in [1.54, 1.807) is 31.4 Å². The van der Waals surface area contributed by atoms with E-state index in [9.17, 15) is 9.59 Å². The van der Waals surface area contributed by atoms with Gasteiger partial charge in [-0.3, -0.25) is 4.79 Å². The monoisotopic (exact) mass is 465 g/mol. The van der Waals surface area contributed by atoms with E-state index >= 15 is 0 Å². The third kappa shape index (κ3) is 4.23. The van der Waals surface area contributed by atoms with Gasteiger partial charge in [0.25, 0.3) is 5.91 Å². The standard InChI is InChI=1S/C22H16BrN3O4/c1-29-17-5-2-13(3-6-17)19-10-16(25-12-26-19)11-24-21(27)18-9-14-8-15(23)4-7-20(14)30-22(18)28/h2-10,12H,11H2,1H3,(H,24,27). The average Bonchev–Trinajstić information content (AvgIpc) is 2.77. The molecule has 4 aromatic rings. The van der Waals surface area contributed by atoms with Gasteiger partial charge >= 0.3 is 5.63 Å². The number of carbonyl (C=O) groups excluding carboxylic acids is 1. The number of carbonyl (C=O) groups is 1. The van der Waals surface area contributed by atoms with Crippen LogP contribution in [0, 0.1) is 0 Å². The number of fused-ring (bicyclic) bond motifs is 1. The first-order chi connectivity index (χ1) is 14.5. The van der Waals surface area contributed by atoms with Crippen LogP contribution in [0.5, 0.6) is 5.75 Å². The Morgan fingerprint density at radius 3 is 2.67 bits per heavy atom. The number of benzene rings is 2. The lowest BCUT2D eigenvalue weighted by Crippen LogP contribution is -2.28. The van der Waals surface area contributed by atoms with E-state index in [1.807, 2.05) is 24.3 Å². The summed E-state index contributed by atoms with van der Waals surface area (Å²) in [6, 6.07) is 16.0. The summed E-state index contributed by atoms with van der Waals surface area (Å²) >= 11 is 3.37. The molecule has 8 heteroatoms. The van der Waals surface area contributed by atoms with Crippen LogP contribution >= 0.6 is 15.9 Å². The van der Waals surface area contributed by atoms with E-state index in [0.717, 1.165) is 15.8 Å². The van der Waals surface area contributed by atoms with Crippen LogP contribution in [0.15, 0.2) is 74.6 Å². The molecule has 0 aliphatic carbocycles. The molecule has 0 saturated heterocycles. The fraction of sp³-hybridized carbons (Fsp3) is 0.0909. The van der Waals surface area contributed by atoms with Gasteiger partial charge < -0.3 is 14.5 Å². The molecule has 0 aliphatic rings. The van der Waals surface area contributed by atoms with Crippen molar-refractivity contribution in [2.45, 2.75) is 6.54 Å². The van der Waals surface area contributed by atoms with Gasteiger partial charge in [-0.15, -0.1) is 0 Å². The molecule has 0 spiro atoms. The Balaban J connectivity index is 1.52. The van der Waals surface area contributed by atoms with Gasteiger partial charge in [-0.2, -0.15) is 0 Å². The molecule has 2 aromatic heterocycles. The van der Waals surface area contributed by atoms with Crippen molar-refractivity contribution in [2.24, 2.45) is 0 Å². The molecule has 2 heterocycles. The van der Waals surface area contributed by atoms with Crippen molar-refractivity contribution in [3.8, 4) is 17.0 Å². The highest BCUT2D eigenvalue weighted by molar-refractivity contribution is 9.10. The van der Waals surface area contributed by atoms with Crippen LogP contribution < -0.4 is 15.7 Å². The number of rotatable bonds is 5. The maximum absolute atomic E-state index is 12.6. The Morgan fingerprint density at radius 2 is 1.90 bits per heavy atom. The fourth-order valence-electron chi connectivity index (χ4n) is 2.93. The Kier molecular flexibility index (Phi) is 5.58. The van der Waals surface area contributed by atoms with Gasteiger partial charge in [0.15, 0.2) is 0 Å². The number of ether oxygens (including phenoxy) is 1. The van der Waals surface area contributed by atoms with Crippen molar-refractivity contribution in [1.82, 2.24) is 15.3 Å². The molecule has 150 valence electrons. The van der Waals surface area contributed by atoms with Gasteiger partial charge in [-0.25, -0.2) is 14.8 Å². The molecule has 1 amide bonds. The van der Waals surface area contributed by atoms with Crippen LogP contribution in [0.1, 0.15) is 16.1 Å². The van der Waals surface area contributed by atoms with Crippen LogP contribution in [0.25, 0.3) is 22.2 Å². The number of methoxy groups -OCH3 is 1. The number of nitrogens with zero attached hydrogens (tertiary/aromatic N) is 2. The highest BCUT2D eigenvalue weighted by atomic mass is 79.9. The zero-order chi connectivity index (χ0) is 21.1. The van der Waals surface area contributed by atoms with Crippen molar-refractivity contribution in [1.29, 1.82) is 0 Å².